The number of fused-ring (bicyclic) bond motifs is 1. The molecule has 95 heavy (non-hydrogen) atoms. The van der Waals surface area contributed by atoms with Gasteiger partial charge in [-0.3, -0.25) is 48.8 Å². The van der Waals surface area contributed by atoms with Gasteiger partial charge >= 0.3 is 5.51 Å². The number of allylic oxidation sites excluding steroid dienone is 1. The molecule has 4 N–H and O–H groups in total. The van der Waals surface area contributed by atoms with E-state index in [1.807, 2.05) is 47.2 Å². The molecule has 28 heteroatoms. The van der Waals surface area contributed by atoms with Crippen molar-refractivity contribution >= 4 is 101 Å². The molecule has 0 aromatic heterocycles. The fraction of sp³-hybridized carbons (Fsp3) is 0.433. The molecule has 5 aromatic carbocycles. The van der Waals surface area contributed by atoms with Crippen molar-refractivity contribution in [2.24, 2.45) is 5.41 Å². The van der Waals surface area contributed by atoms with E-state index in [1.165, 1.54) is 46.7 Å². The quantitative estimate of drug-likeness (QED) is 0.0218. The highest BCUT2D eigenvalue weighted by molar-refractivity contribution is 7.99. The van der Waals surface area contributed by atoms with Crippen molar-refractivity contribution in [3.05, 3.63) is 148 Å². The Bertz CT molecular complexity index is 3910. The number of imide groups is 2. The Morgan fingerprint density at radius 3 is 2.16 bits per heavy atom. The van der Waals surface area contributed by atoms with Crippen molar-refractivity contribution in [3.63, 3.8) is 0 Å². The number of piperidine rings is 1. The summed E-state index contributed by atoms with van der Waals surface area (Å²) in [7, 11) is -11.1. The third-order valence-corrected chi connectivity index (χ3v) is 21.9. The molecule has 4 aliphatic heterocycles. The van der Waals surface area contributed by atoms with Crippen LogP contribution in [-0.2, 0) is 43.7 Å². The highest BCUT2D eigenvalue weighted by Crippen LogP contribution is 2.43. The molecular formula is C67H77ClF3N9O12S3. The van der Waals surface area contributed by atoms with Gasteiger partial charge in [0.05, 0.1) is 54.6 Å². The average Bonchev–Trinajstić information content (AvgIpc) is 1.73. The van der Waals surface area contributed by atoms with Crippen LogP contribution in [0.2, 0.25) is 5.02 Å². The summed E-state index contributed by atoms with van der Waals surface area (Å²) in [5.74, 6) is -3.32. The molecule has 4 heterocycles. The third-order valence-electron chi connectivity index (χ3n) is 17.7. The number of alkyl halides is 3. The van der Waals surface area contributed by atoms with Gasteiger partial charge in [0.2, 0.25) is 17.7 Å². The van der Waals surface area contributed by atoms with E-state index in [9.17, 15) is 58.8 Å². The molecule has 2 atom stereocenters. The lowest BCUT2D eigenvalue weighted by molar-refractivity contribution is -0.136. The summed E-state index contributed by atoms with van der Waals surface area (Å²) in [6, 6.07) is 28.9. The maximum atomic E-state index is 14.5. The molecule has 3 saturated heterocycles. The van der Waals surface area contributed by atoms with Crippen molar-refractivity contribution in [2.45, 2.75) is 91.1 Å². The first-order valence-electron chi connectivity index (χ1n) is 31.6. The van der Waals surface area contributed by atoms with Crippen LogP contribution in [0.1, 0.15) is 95.4 Å². The van der Waals surface area contributed by atoms with Gasteiger partial charge in [-0.1, -0.05) is 67.4 Å². The van der Waals surface area contributed by atoms with Gasteiger partial charge in [0.1, 0.15) is 10.9 Å². The van der Waals surface area contributed by atoms with Crippen molar-refractivity contribution in [1.82, 2.24) is 29.6 Å². The number of hydrogen-bond acceptors (Lipinski definition) is 18. The number of carbonyl (C=O) groups excluding carboxylic acids is 6. The number of benzene rings is 5. The Kier molecular flexibility index (Phi) is 22.8. The number of piperazine rings is 2. The number of carbonyl (C=O) groups is 6. The van der Waals surface area contributed by atoms with Gasteiger partial charge in [-0.15, -0.1) is 11.8 Å². The first-order valence-corrected chi connectivity index (χ1v) is 35.9. The minimum absolute atomic E-state index is 0.00910. The SMILES string of the molecule is CC1(C)CCC(c2ccc(Cl)cc2)=C(CN2CCN(c3ccc(C(=O)NS(=O)(=O)c4ccc(N[C@H](CCN5CCN(C(=O)CCOCCOCCNc6cccc7c6C(=O)N(C6CCC(=O)NC6=O)C7=O)CC5)CSc5ccccc5)c(S(=O)(=O)C(F)(F)F)c4)cc3)CC2)C1. The van der Waals surface area contributed by atoms with Crippen LogP contribution in [0.4, 0.5) is 30.2 Å². The zero-order chi connectivity index (χ0) is 67.7. The van der Waals surface area contributed by atoms with Crippen LogP contribution in [0.3, 0.4) is 0 Å². The van der Waals surface area contributed by atoms with Crippen molar-refractivity contribution in [1.29, 1.82) is 0 Å². The number of ether oxygens (including phenoxy) is 2. The lowest BCUT2D eigenvalue weighted by Crippen LogP contribution is -2.54. The van der Waals surface area contributed by atoms with Gasteiger partial charge in [0, 0.05) is 117 Å². The second-order valence-electron chi connectivity index (χ2n) is 24.8. The molecule has 10 rings (SSSR count). The number of amides is 6. The number of halogens is 4. The van der Waals surface area contributed by atoms with E-state index in [1.54, 1.807) is 29.2 Å². The van der Waals surface area contributed by atoms with Crippen LogP contribution >= 0.6 is 23.4 Å². The number of anilines is 3. The van der Waals surface area contributed by atoms with Crippen molar-refractivity contribution in [3.8, 4) is 0 Å². The summed E-state index contributed by atoms with van der Waals surface area (Å²) in [6.45, 7) is 11.6. The zero-order valence-corrected chi connectivity index (χ0v) is 56.0. The normalized spacial score (nSPS) is 18.6. The number of rotatable bonds is 27. The number of sulfone groups is 1. The highest BCUT2D eigenvalue weighted by Gasteiger charge is 2.49. The smallest absolute Gasteiger partial charge is 0.382 e. The first kappa shape index (κ1) is 70.4. The van der Waals surface area contributed by atoms with Gasteiger partial charge in [-0.2, -0.15) is 13.2 Å². The number of thioether (sulfide) groups is 1. The lowest BCUT2D eigenvalue weighted by atomic mass is 9.73. The minimum Gasteiger partial charge on any atom is -0.382 e. The van der Waals surface area contributed by atoms with Gasteiger partial charge in [-0.25, -0.2) is 21.6 Å². The largest absolute Gasteiger partial charge is 0.501 e. The molecule has 5 aromatic rings. The van der Waals surface area contributed by atoms with E-state index in [0.717, 1.165) is 66.5 Å². The number of nitrogens with one attached hydrogen (secondary N) is 4. The van der Waals surface area contributed by atoms with Gasteiger partial charge in [0.15, 0.2) is 0 Å². The minimum atomic E-state index is -6.17. The molecule has 3 fully saturated rings. The van der Waals surface area contributed by atoms with Gasteiger partial charge in [-0.05, 0) is 128 Å². The molecule has 0 saturated carbocycles. The van der Waals surface area contributed by atoms with Gasteiger partial charge < -0.3 is 29.9 Å². The van der Waals surface area contributed by atoms with Crippen LogP contribution < -0.4 is 25.6 Å². The molecule has 1 aliphatic carbocycles. The fourth-order valence-electron chi connectivity index (χ4n) is 12.4. The Hall–Kier alpha value is -7.37. The monoisotopic (exact) mass is 1390 g/mol. The van der Waals surface area contributed by atoms with E-state index < -0.39 is 82.5 Å². The van der Waals surface area contributed by atoms with Crippen LogP contribution in [0.25, 0.3) is 5.57 Å². The van der Waals surface area contributed by atoms with E-state index in [-0.39, 0.29) is 86.0 Å². The highest BCUT2D eigenvalue weighted by atomic mass is 35.5. The molecule has 5 aliphatic rings. The molecule has 0 spiro atoms. The molecule has 1 unspecified atom stereocenters. The zero-order valence-electron chi connectivity index (χ0n) is 52.8. The third kappa shape index (κ3) is 17.6. The molecule has 508 valence electrons. The molecule has 0 radical (unpaired) electrons. The summed E-state index contributed by atoms with van der Waals surface area (Å²) < 4.78 is 111. The standard InChI is InChI=1S/C67H77ClF3N9O12S3/c1-66(2)26-23-53(45-11-15-48(68)16-12-45)47(42-66)43-77-31-33-78(34-32-77)50-17-13-46(14-18-50)62(83)75-95(89,90)52-19-20-55(58(41-52)94(87,88)67(69,70)71)73-49(44-93-51-7-4-3-5-8-51)24-28-76-29-35-79(36-30-76)60(82)25-37-91-39-40-92-38-27-72-56-10-6-9-54-61(56)65(86)80(64(54)85)57-21-22-59(81)74-63(57)84/h3-20,41,49,57,72-73H,21-40,42-44H2,1-2H3,(H,75,83)(H,74,81,84)/t49-,57?/m1/s1. The molecular weight excluding hydrogens is 1310 g/mol. The maximum absolute atomic E-state index is 14.5. The maximum Gasteiger partial charge on any atom is 0.501 e. The van der Waals surface area contributed by atoms with E-state index >= 15 is 0 Å². The topological polar surface area (TPSA) is 253 Å². The Labute approximate surface area is 560 Å². The number of hydrogen-bond donors (Lipinski definition) is 4. The first-order chi connectivity index (χ1) is 45.3. The number of nitrogens with zero attached hydrogens (tertiary/aromatic N) is 5. The van der Waals surface area contributed by atoms with Crippen LogP contribution in [0.15, 0.2) is 136 Å². The predicted molar refractivity (Wildman–Crippen MR) is 356 cm³/mol. The summed E-state index contributed by atoms with van der Waals surface area (Å²) in [5.41, 5.74) is -0.656. The van der Waals surface area contributed by atoms with Gasteiger partial charge in [0.25, 0.3) is 37.6 Å². The number of sulfonamides is 1. The Morgan fingerprint density at radius 2 is 1.46 bits per heavy atom. The summed E-state index contributed by atoms with van der Waals surface area (Å²) in [5, 5.41) is 8.99. The molecule has 6 amide bonds. The van der Waals surface area contributed by atoms with Crippen LogP contribution in [0.5, 0.6) is 0 Å². The fourth-order valence-corrected chi connectivity index (χ4v) is 15.6. The predicted octanol–water partition coefficient (Wildman–Crippen LogP) is 8.58. The second kappa shape index (κ2) is 30.8. The lowest BCUT2D eigenvalue weighted by Gasteiger charge is -2.39. The molecule has 21 nitrogen and oxygen atoms in total. The average molecular weight is 1390 g/mol. The van der Waals surface area contributed by atoms with E-state index in [0.29, 0.717) is 69.0 Å². The van der Waals surface area contributed by atoms with E-state index in [2.05, 4.69) is 56.6 Å². The summed E-state index contributed by atoms with van der Waals surface area (Å²) in [4.78, 5) is 85.4. The van der Waals surface area contributed by atoms with Crippen molar-refractivity contribution in [2.75, 3.05) is 120 Å². The summed E-state index contributed by atoms with van der Waals surface area (Å²) in [6.07, 6.45) is 3.55. The summed E-state index contributed by atoms with van der Waals surface area (Å²) >= 11 is 7.60. The second-order valence-corrected chi connectivity index (χ2v) is 30.0. The van der Waals surface area contributed by atoms with Crippen LogP contribution in [0, 0.1) is 5.41 Å². The van der Waals surface area contributed by atoms with Crippen LogP contribution in [-0.4, -0.2) is 194 Å². The molecule has 0 bridgehead atoms. The van der Waals surface area contributed by atoms with E-state index in [4.69, 9.17) is 21.1 Å². The Morgan fingerprint density at radius 1 is 0.768 bits per heavy atom. The van der Waals surface area contributed by atoms with Crippen molar-refractivity contribution < 1.29 is 68.2 Å². The Balaban J connectivity index is 0.685.